The molecule has 0 aliphatic heterocycles. The Hall–Kier alpha value is -1.77. The molecule has 1 heterocycles. The minimum absolute atomic E-state index is 0.795. The summed E-state index contributed by atoms with van der Waals surface area (Å²) in [6.45, 7) is 0. The van der Waals surface area contributed by atoms with Crippen molar-refractivity contribution in [2.45, 2.75) is 6.42 Å². The second-order valence-electron chi connectivity index (χ2n) is 3.54. The van der Waals surface area contributed by atoms with Crippen LogP contribution in [-0.2, 0) is 13.5 Å². The molecule has 2 rings (SSSR count). The maximum atomic E-state index is 5.14. The molecular weight excluding hydrogens is 188 g/mol. The molecule has 0 saturated heterocycles. The van der Waals surface area contributed by atoms with E-state index in [1.807, 2.05) is 23.9 Å². The van der Waals surface area contributed by atoms with E-state index in [-0.39, 0.29) is 0 Å². The molecule has 0 bridgehead atoms. The van der Waals surface area contributed by atoms with E-state index in [2.05, 4.69) is 29.2 Å². The van der Waals surface area contributed by atoms with E-state index in [1.54, 1.807) is 7.11 Å². The zero-order valence-electron chi connectivity index (χ0n) is 9.03. The Morgan fingerprint density at radius 2 is 2.00 bits per heavy atom. The van der Waals surface area contributed by atoms with Crippen molar-refractivity contribution >= 4 is 0 Å². The number of benzene rings is 1. The number of ether oxygens (including phenoxy) is 1. The predicted molar refractivity (Wildman–Crippen MR) is 57.8 cm³/mol. The van der Waals surface area contributed by atoms with Crippen molar-refractivity contribution in [1.82, 2.24) is 4.98 Å². The summed E-state index contributed by atoms with van der Waals surface area (Å²) in [6, 6.07) is 10.4. The van der Waals surface area contributed by atoms with Crippen molar-refractivity contribution in [3.63, 3.8) is 0 Å². The second-order valence-corrected chi connectivity index (χ2v) is 3.54. The van der Waals surface area contributed by atoms with Crippen LogP contribution in [0.3, 0.4) is 0 Å². The maximum absolute atomic E-state index is 5.14. The van der Waals surface area contributed by atoms with Crippen molar-refractivity contribution in [2.75, 3.05) is 7.11 Å². The number of aromatic nitrogens is 2. The van der Waals surface area contributed by atoms with Crippen LogP contribution < -0.4 is 9.30 Å². The number of methoxy groups -OCH3 is 1. The molecule has 78 valence electrons. The number of hydrogen-bond acceptors (Lipinski definition) is 1. The Morgan fingerprint density at radius 3 is 2.60 bits per heavy atom. The molecule has 2 aromatic rings. The number of rotatable bonds is 3. The average Bonchev–Trinajstić information content (AvgIpc) is 2.61. The van der Waals surface area contributed by atoms with E-state index in [9.17, 15) is 0 Å². The van der Waals surface area contributed by atoms with Crippen molar-refractivity contribution in [1.29, 1.82) is 0 Å². The van der Waals surface area contributed by atoms with E-state index < -0.39 is 0 Å². The Labute approximate surface area is 89.3 Å². The number of nitrogens with zero attached hydrogens (tertiary/aromatic N) is 1. The third-order valence-corrected chi connectivity index (χ3v) is 2.44. The van der Waals surface area contributed by atoms with Crippen LogP contribution in [0.2, 0.25) is 0 Å². The Morgan fingerprint density at radius 1 is 1.27 bits per heavy atom. The smallest absolute Gasteiger partial charge is 0.322 e. The van der Waals surface area contributed by atoms with Gasteiger partial charge in [0.1, 0.15) is 0 Å². The highest BCUT2D eigenvalue weighted by Gasteiger charge is 2.12. The number of H-pyrrole nitrogens is 1. The third kappa shape index (κ3) is 2.18. The topological polar surface area (TPSA) is 28.9 Å². The van der Waals surface area contributed by atoms with Crippen molar-refractivity contribution in [2.24, 2.45) is 7.05 Å². The van der Waals surface area contributed by atoms with E-state index in [4.69, 9.17) is 4.74 Å². The zero-order valence-corrected chi connectivity index (χ0v) is 9.03. The van der Waals surface area contributed by atoms with Gasteiger partial charge in [-0.2, -0.15) is 0 Å². The van der Waals surface area contributed by atoms with E-state index in [0.29, 0.717) is 0 Å². The van der Waals surface area contributed by atoms with Crippen molar-refractivity contribution < 1.29 is 9.30 Å². The van der Waals surface area contributed by atoms with Crippen LogP contribution in [0, 0.1) is 0 Å². The molecule has 0 atom stereocenters. The summed E-state index contributed by atoms with van der Waals surface area (Å²) in [5.74, 6) is 1.93. The van der Waals surface area contributed by atoms with Gasteiger partial charge in [-0.15, -0.1) is 0 Å². The number of aryl methyl sites for hydroxylation is 1. The molecule has 0 spiro atoms. The van der Waals surface area contributed by atoms with Gasteiger partial charge >= 0.3 is 5.88 Å². The van der Waals surface area contributed by atoms with Crippen molar-refractivity contribution in [3.05, 3.63) is 47.9 Å². The highest BCUT2D eigenvalue weighted by molar-refractivity contribution is 5.18. The van der Waals surface area contributed by atoms with E-state index in [1.165, 1.54) is 5.56 Å². The first-order valence-electron chi connectivity index (χ1n) is 4.95. The normalized spacial score (nSPS) is 10.3. The Kier molecular flexibility index (Phi) is 2.72. The van der Waals surface area contributed by atoms with Crippen LogP contribution in [0.4, 0.5) is 0 Å². The van der Waals surface area contributed by atoms with Gasteiger partial charge in [0.15, 0.2) is 6.20 Å². The lowest BCUT2D eigenvalue weighted by atomic mass is 10.1. The minimum atomic E-state index is 0.795. The lowest BCUT2D eigenvalue weighted by Gasteiger charge is -1.95. The summed E-state index contributed by atoms with van der Waals surface area (Å²) < 4.78 is 7.18. The fourth-order valence-corrected chi connectivity index (χ4v) is 1.58. The molecule has 0 aliphatic rings. The SMILES string of the molecule is COc1c[n+](C)c(Cc2ccccc2)[nH]1. The zero-order chi connectivity index (χ0) is 10.7. The van der Waals surface area contributed by atoms with Gasteiger partial charge in [-0.1, -0.05) is 30.3 Å². The first-order valence-corrected chi connectivity index (χ1v) is 4.95. The van der Waals surface area contributed by atoms with Gasteiger partial charge in [0.2, 0.25) is 0 Å². The minimum Gasteiger partial charge on any atom is -0.463 e. The molecular formula is C12H15N2O+. The summed E-state index contributed by atoms with van der Waals surface area (Å²) >= 11 is 0. The number of aromatic amines is 1. The quantitative estimate of drug-likeness (QED) is 0.751. The molecule has 0 amide bonds. The summed E-state index contributed by atoms with van der Waals surface area (Å²) in [7, 11) is 3.68. The maximum Gasteiger partial charge on any atom is 0.322 e. The van der Waals surface area contributed by atoms with E-state index in [0.717, 1.165) is 18.1 Å². The highest BCUT2D eigenvalue weighted by atomic mass is 16.5. The first kappa shape index (κ1) is 9.77. The Balaban J connectivity index is 2.21. The van der Waals surface area contributed by atoms with Gasteiger partial charge in [0.05, 0.1) is 20.6 Å². The molecule has 1 aromatic carbocycles. The molecule has 1 N–H and O–H groups in total. The summed E-state index contributed by atoms with van der Waals surface area (Å²) in [4.78, 5) is 3.22. The fourth-order valence-electron chi connectivity index (χ4n) is 1.58. The van der Waals surface area contributed by atoms with Crippen LogP contribution in [0.25, 0.3) is 0 Å². The van der Waals surface area contributed by atoms with Crippen LogP contribution in [0.15, 0.2) is 36.5 Å². The van der Waals surface area contributed by atoms with Crippen molar-refractivity contribution in [3.8, 4) is 5.88 Å². The largest absolute Gasteiger partial charge is 0.463 e. The molecule has 0 radical (unpaired) electrons. The summed E-state index contributed by atoms with van der Waals surface area (Å²) in [5, 5.41) is 0. The molecule has 15 heavy (non-hydrogen) atoms. The van der Waals surface area contributed by atoms with E-state index >= 15 is 0 Å². The molecule has 0 aliphatic carbocycles. The predicted octanol–water partition coefficient (Wildman–Crippen LogP) is 1.44. The highest BCUT2D eigenvalue weighted by Crippen LogP contribution is 2.08. The molecule has 3 heteroatoms. The van der Waals surface area contributed by atoms with Crippen LogP contribution >= 0.6 is 0 Å². The monoisotopic (exact) mass is 203 g/mol. The van der Waals surface area contributed by atoms with Gasteiger partial charge in [-0.3, -0.25) is 0 Å². The third-order valence-electron chi connectivity index (χ3n) is 2.44. The second kappa shape index (κ2) is 4.17. The molecule has 0 fully saturated rings. The standard InChI is InChI=1S/C12H14N2O/c1-14-9-12(15-2)13-11(14)8-10-6-4-3-5-7-10/h3-7,9H,8H2,1-2H3/p+1. The summed E-state index contributed by atoms with van der Waals surface area (Å²) in [6.07, 6.45) is 2.83. The lowest BCUT2D eigenvalue weighted by Crippen LogP contribution is -2.30. The fraction of sp³-hybridized carbons (Fsp3) is 0.250. The molecule has 0 unspecified atom stereocenters. The van der Waals surface area contributed by atoms with Gasteiger partial charge in [-0.05, 0) is 5.56 Å². The van der Waals surface area contributed by atoms with Gasteiger partial charge < -0.3 is 4.74 Å². The van der Waals surface area contributed by atoms with Gasteiger partial charge in [0.25, 0.3) is 5.82 Å². The number of hydrogen-bond donors (Lipinski definition) is 1. The van der Waals surface area contributed by atoms with Gasteiger partial charge in [-0.25, -0.2) is 9.55 Å². The Bertz CT molecular complexity index is 434. The molecule has 1 aromatic heterocycles. The first-order chi connectivity index (χ1) is 7.29. The van der Waals surface area contributed by atoms with Crippen LogP contribution in [0.1, 0.15) is 11.4 Å². The van der Waals surface area contributed by atoms with Crippen LogP contribution in [0.5, 0.6) is 5.88 Å². The molecule has 0 saturated carbocycles. The van der Waals surface area contributed by atoms with Gasteiger partial charge in [0, 0.05) is 0 Å². The summed E-state index contributed by atoms with van der Waals surface area (Å²) in [5.41, 5.74) is 1.29. The lowest BCUT2D eigenvalue weighted by molar-refractivity contribution is -0.677. The average molecular weight is 203 g/mol. The number of imidazole rings is 1. The van der Waals surface area contributed by atoms with Crippen LogP contribution in [-0.4, -0.2) is 12.1 Å². The number of nitrogens with one attached hydrogen (secondary N) is 1. The molecule has 3 nitrogen and oxygen atoms in total.